The Bertz CT molecular complexity index is 715. The summed E-state index contributed by atoms with van der Waals surface area (Å²) in [5.41, 5.74) is -1.77. The summed E-state index contributed by atoms with van der Waals surface area (Å²) in [4.78, 5) is 41.8. The molecular weight excluding hydrogens is 412 g/mol. The standard InChI is InChI=1S/C24H40N2O6/c1-5-11-16(3)25-20(28)19-24-13-12-23(4,32-24)18(22(30)31-6-2)17(24)21(29)26(19)14-9-7-8-10-15-27/h16-19,27H,5-15H2,1-4H3,(H,25,28)/t16?,17-,18+,19?,23-,24?/m0/s1. The summed E-state index contributed by atoms with van der Waals surface area (Å²) in [6.07, 6.45) is 6.21. The predicted octanol–water partition coefficient (Wildman–Crippen LogP) is 2.17. The van der Waals surface area contributed by atoms with Crippen LogP contribution in [0.15, 0.2) is 0 Å². The number of aliphatic hydroxyl groups is 1. The van der Waals surface area contributed by atoms with E-state index in [2.05, 4.69) is 12.2 Å². The van der Waals surface area contributed by atoms with Gasteiger partial charge in [0.15, 0.2) is 0 Å². The van der Waals surface area contributed by atoms with Gasteiger partial charge in [-0.15, -0.1) is 0 Å². The number of hydrogen-bond acceptors (Lipinski definition) is 6. The first-order valence-electron chi connectivity index (χ1n) is 12.3. The van der Waals surface area contributed by atoms with E-state index in [1.54, 1.807) is 11.8 Å². The van der Waals surface area contributed by atoms with Crippen LogP contribution in [0.5, 0.6) is 0 Å². The Morgan fingerprint density at radius 2 is 1.97 bits per heavy atom. The number of fused-ring (bicyclic) bond motifs is 1. The monoisotopic (exact) mass is 452 g/mol. The minimum atomic E-state index is -0.982. The van der Waals surface area contributed by atoms with Crippen LogP contribution in [0.4, 0.5) is 0 Å². The molecule has 182 valence electrons. The van der Waals surface area contributed by atoms with Crippen molar-refractivity contribution in [1.29, 1.82) is 0 Å². The molecule has 3 aliphatic rings. The van der Waals surface area contributed by atoms with Gasteiger partial charge in [-0.3, -0.25) is 14.4 Å². The molecule has 6 atom stereocenters. The third kappa shape index (κ3) is 4.28. The van der Waals surface area contributed by atoms with Gasteiger partial charge in [0.05, 0.1) is 18.1 Å². The summed E-state index contributed by atoms with van der Waals surface area (Å²) in [5, 5.41) is 12.1. The largest absolute Gasteiger partial charge is 0.466 e. The lowest BCUT2D eigenvalue weighted by atomic mass is 9.66. The second-order valence-electron chi connectivity index (χ2n) is 9.85. The zero-order chi connectivity index (χ0) is 23.5. The van der Waals surface area contributed by atoms with Gasteiger partial charge >= 0.3 is 5.97 Å². The third-order valence-corrected chi connectivity index (χ3v) is 7.48. The molecule has 2 N–H and O–H groups in total. The van der Waals surface area contributed by atoms with E-state index in [1.165, 1.54) is 0 Å². The molecule has 3 heterocycles. The van der Waals surface area contributed by atoms with Crippen LogP contribution in [0, 0.1) is 11.8 Å². The highest BCUT2D eigenvalue weighted by molar-refractivity contribution is 5.98. The Kier molecular flexibility index (Phi) is 7.86. The summed E-state index contributed by atoms with van der Waals surface area (Å²) < 4.78 is 11.9. The molecule has 3 aliphatic heterocycles. The van der Waals surface area contributed by atoms with Gasteiger partial charge in [-0.25, -0.2) is 0 Å². The van der Waals surface area contributed by atoms with E-state index in [0.29, 0.717) is 19.4 Å². The minimum absolute atomic E-state index is 0.000463. The van der Waals surface area contributed by atoms with E-state index >= 15 is 0 Å². The number of ether oxygens (including phenoxy) is 2. The van der Waals surface area contributed by atoms with E-state index < -0.39 is 35.0 Å². The van der Waals surface area contributed by atoms with Crippen LogP contribution in [-0.2, 0) is 23.9 Å². The summed E-state index contributed by atoms with van der Waals surface area (Å²) in [6, 6.07) is -0.738. The maximum atomic E-state index is 13.7. The fraction of sp³-hybridized carbons (Fsp3) is 0.875. The molecule has 2 bridgehead atoms. The third-order valence-electron chi connectivity index (χ3n) is 7.48. The van der Waals surface area contributed by atoms with Crippen LogP contribution >= 0.6 is 0 Å². The SMILES string of the molecule is CCCC(C)NC(=O)C1N(CCCCCCO)C(=O)[C@@H]2[C@H](C(=O)OCC)[C@]3(C)CCC12O3. The zero-order valence-corrected chi connectivity index (χ0v) is 20.0. The molecule has 0 aromatic carbocycles. The van der Waals surface area contributed by atoms with E-state index in [9.17, 15) is 14.4 Å². The van der Waals surface area contributed by atoms with E-state index in [0.717, 1.165) is 38.5 Å². The first-order valence-corrected chi connectivity index (χ1v) is 12.3. The minimum Gasteiger partial charge on any atom is -0.466 e. The van der Waals surface area contributed by atoms with Gasteiger partial charge in [-0.1, -0.05) is 26.2 Å². The summed E-state index contributed by atoms with van der Waals surface area (Å²) in [6.45, 7) is 8.52. The maximum Gasteiger partial charge on any atom is 0.312 e. The molecule has 0 aromatic heterocycles. The van der Waals surface area contributed by atoms with Crippen molar-refractivity contribution in [1.82, 2.24) is 10.2 Å². The lowest BCUT2D eigenvalue weighted by molar-refractivity contribution is -0.159. The lowest BCUT2D eigenvalue weighted by Gasteiger charge is -2.34. The summed E-state index contributed by atoms with van der Waals surface area (Å²) in [5.74, 6) is -2.14. The molecule has 32 heavy (non-hydrogen) atoms. The van der Waals surface area contributed by atoms with Crippen LogP contribution in [0.1, 0.15) is 79.1 Å². The number of esters is 1. The van der Waals surface area contributed by atoms with Gasteiger partial charge in [0.2, 0.25) is 11.8 Å². The molecule has 0 aromatic rings. The molecule has 3 unspecified atom stereocenters. The number of carbonyl (C=O) groups is 3. The molecule has 2 amide bonds. The number of hydrogen-bond donors (Lipinski definition) is 2. The highest BCUT2D eigenvalue weighted by Crippen LogP contribution is 2.63. The Hall–Kier alpha value is -1.67. The quantitative estimate of drug-likeness (QED) is 0.347. The Morgan fingerprint density at radius 3 is 2.62 bits per heavy atom. The van der Waals surface area contributed by atoms with Crippen molar-refractivity contribution in [3.63, 3.8) is 0 Å². The highest BCUT2D eigenvalue weighted by atomic mass is 16.6. The van der Waals surface area contributed by atoms with Gasteiger partial charge in [0, 0.05) is 19.2 Å². The molecule has 1 spiro atoms. The Morgan fingerprint density at radius 1 is 1.25 bits per heavy atom. The number of nitrogens with zero attached hydrogens (tertiary/aromatic N) is 1. The molecule has 8 nitrogen and oxygen atoms in total. The van der Waals surface area contributed by atoms with Crippen molar-refractivity contribution in [3.8, 4) is 0 Å². The smallest absolute Gasteiger partial charge is 0.312 e. The number of nitrogens with one attached hydrogen (secondary N) is 1. The van der Waals surface area contributed by atoms with E-state index in [-0.39, 0.29) is 31.1 Å². The second-order valence-corrected chi connectivity index (χ2v) is 9.85. The Labute approximate surface area is 191 Å². The predicted molar refractivity (Wildman–Crippen MR) is 119 cm³/mol. The van der Waals surface area contributed by atoms with Gasteiger partial charge in [0.25, 0.3) is 0 Å². The molecule has 8 heteroatoms. The molecule has 3 saturated heterocycles. The molecule has 3 rings (SSSR count). The average molecular weight is 453 g/mol. The highest BCUT2D eigenvalue weighted by Gasteiger charge is 2.78. The number of unbranched alkanes of at least 4 members (excludes halogenated alkanes) is 3. The maximum absolute atomic E-state index is 13.7. The number of rotatable bonds is 12. The van der Waals surface area contributed by atoms with Crippen LogP contribution in [-0.4, -0.2) is 70.8 Å². The number of aliphatic hydroxyl groups excluding tert-OH is 1. The number of carbonyl (C=O) groups excluding carboxylic acids is 3. The second kappa shape index (κ2) is 10.1. The van der Waals surface area contributed by atoms with E-state index in [1.807, 2.05) is 13.8 Å². The van der Waals surface area contributed by atoms with Crippen LogP contribution in [0.2, 0.25) is 0 Å². The lowest BCUT2D eigenvalue weighted by Crippen LogP contribution is -2.56. The van der Waals surface area contributed by atoms with Crippen LogP contribution in [0.3, 0.4) is 0 Å². The van der Waals surface area contributed by atoms with Gasteiger partial charge in [0.1, 0.15) is 17.6 Å². The van der Waals surface area contributed by atoms with E-state index in [4.69, 9.17) is 14.6 Å². The van der Waals surface area contributed by atoms with Crippen molar-refractivity contribution in [2.45, 2.75) is 102 Å². The van der Waals surface area contributed by atoms with Crippen LogP contribution < -0.4 is 5.32 Å². The molecule has 0 aliphatic carbocycles. The topological polar surface area (TPSA) is 105 Å². The molecule has 0 saturated carbocycles. The molecule has 3 fully saturated rings. The Balaban J connectivity index is 1.89. The van der Waals surface area contributed by atoms with Gasteiger partial charge in [-0.05, 0) is 52.9 Å². The van der Waals surface area contributed by atoms with Crippen molar-refractivity contribution in [3.05, 3.63) is 0 Å². The van der Waals surface area contributed by atoms with Gasteiger partial charge in [-0.2, -0.15) is 0 Å². The average Bonchev–Trinajstić information content (AvgIpc) is 3.29. The van der Waals surface area contributed by atoms with Crippen molar-refractivity contribution >= 4 is 17.8 Å². The zero-order valence-electron chi connectivity index (χ0n) is 20.0. The van der Waals surface area contributed by atoms with Crippen molar-refractivity contribution < 1.29 is 29.0 Å². The van der Waals surface area contributed by atoms with Crippen molar-refractivity contribution in [2.24, 2.45) is 11.8 Å². The molecular formula is C24H40N2O6. The summed E-state index contributed by atoms with van der Waals surface area (Å²) in [7, 11) is 0. The van der Waals surface area contributed by atoms with Gasteiger partial charge < -0.3 is 24.8 Å². The van der Waals surface area contributed by atoms with Crippen LogP contribution in [0.25, 0.3) is 0 Å². The number of amides is 2. The summed E-state index contributed by atoms with van der Waals surface area (Å²) >= 11 is 0. The number of likely N-dealkylation sites (tertiary alicyclic amines) is 1. The first kappa shape index (κ1) is 25.0. The first-order chi connectivity index (χ1) is 15.3. The van der Waals surface area contributed by atoms with Crippen molar-refractivity contribution in [2.75, 3.05) is 19.8 Å². The fourth-order valence-electron chi connectivity index (χ4n) is 6.13. The molecule has 0 radical (unpaired) electrons. The normalized spacial score (nSPS) is 34.0. The fourth-order valence-corrected chi connectivity index (χ4v) is 6.13.